The molecule has 0 atom stereocenters. The van der Waals surface area contributed by atoms with Gasteiger partial charge < -0.3 is 15.4 Å². The number of anilines is 1. The molecule has 0 aliphatic carbocycles. The molecule has 156 valence electrons. The maximum Gasteiger partial charge on any atom is 0.226 e. The Morgan fingerprint density at radius 2 is 1.66 bits per heavy atom. The predicted molar refractivity (Wildman–Crippen MR) is 125 cm³/mol. The number of amides is 1. The lowest BCUT2D eigenvalue weighted by Gasteiger charge is -2.19. The van der Waals surface area contributed by atoms with Crippen molar-refractivity contribution in [2.75, 3.05) is 11.9 Å². The molecule has 0 saturated heterocycles. The molecule has 1 amide bonds. The molecular weight excluding hydrogens is 380 g/mol. The molecule has 2 N–H and O–H groups in total. The fourth-order valence-electron chi connectivity index (χ4n) is 2.78. The van der Waals surface area contributed by atoms with Crippen LogP contribution in [0.1, 0.15) is 64.5 Å². The zero-order valence-corrected chi connectivity index (χ0v) is 18.9. The molecule has 0 saturated carbocycles. The van der Waals surface area contributed by atoms with E-state index in [1.54, 1.807) is 0 Å². The van der Waals surface area contributed by atoms with Gasteiger partial charge in [-0.1, -0.05) is 58.9 Å². The standard InChI is InChI=1S/C24H32N2O2S/c1-17(2)18-8-12-20(13-9-18)25-23(29)26-22(27)7-6-16-28-21-14-10-19(11-15-21)24(3,4)5/h8-15,17H,6-7,16H2,1-5H3,(H2,25,26,27,29). The summed E-state index contributed by atoms with van der Waals surface area (Å²) < 4.78 is 5.73. The van der Waals surface area contributed by atoms with E-state index in [1.807, 2.05) is 24.3 Å². The number of hydrogen-bond donors (Lipinski definition) is 2. The van der Waals surface area contributed by atoms with Crippen LogP contribution in [0.25, 0.3) is 0 Å². The Labute approximate surface area is 180 Å². The van der Waals surface area contributed by atoms with Crippen LogP contribution in [-0.4, -0.2) is 17.6 Å². The lowest BCUT2D eigenvalue weighted by molar-refractivity contribution is -0.119. The van der Waals surface area contributed by atoms with Crippen molar-refractivity contribution in [3.05, 3.63) is 59.7 Å². The molecule has 0 heterocycles. The Bertz CT molecular complexity index is 806. The highest BCUT2D eigenvalue weighted by atomic mass is 32.1. The first-order valence-electron chi connectivity index (χ1n) is 10.1. The first-order valence-corrected chi connectivity index (χ1v) is 10.5. The van der Waals surface area contributed by atoms with E-state index in [9.17, 15) is 4.79 Å². The lowest BCUT2D eigenvalue weighted by Crippen LogP contribution is -2.34. The fourth-order valence-corrected chi connectivity index (χ4v) is 3.01. The SMILES string of the molecule is CC(C)c1ccc(NC(=S)NC(=O)CCCOc2ccc(C(C)(C)C)cc2)cc1. The second-order valence-electron chi connectivity index (χ2n) is 8.51. The molecule has 0 aromatic heterocycles. The number of carbonyl (C=O) groups excluding carboxylic acids is 1. The van der Waals surface area contributed by atoms with Crippen LogP contribution in [0, 0.1) is 0 Å². The van der Waals surface area contributed by atoms with Crippen LogP contribution < -0.4 is 15.4 Å². The van der Waals surface area contributed by atoms with Crippen LogP contribution in [0.2, 0.25) is 0 Å². The Morgan fingerprint density at radius 3 is 2.21 bits per heavy atom. The van der Waals surface area contributed by atoms with E-state index in [0.29, 0.717) is 30.5 Å². The highest BCUT2D eigenvalue weighted by molar-refractivity contribution is 7.80. The minimum absolute atomic E-state index is 0.118. The van der Waals surface area contributed by atoms with Crippen molar-refractivity contribution in [1.82, 2.24) is 5.32 Å². The summed E-state index contributed by atoms with van der Waals surface area (Å²) in [4.78, 5) is 12.1. The molecule has 4 nitrogen and oxygen atoms in total. The molecule has 2 aromatic rings. The van der Waals surface area contributed by atoms with Gasteiger partial charge in [0.15, 0.2) is 5.11 Å². The van der Waals surface area contributed by atoms with E-state index in [4.69, 9.17) is 17.0 Å². The first-order chi connectivity index (χ1) is 13.6. The van der Waals surface area contributed by atoms with Crippen molar-refractivity contribution >= 4 is 28.9 Å². The minimum atomic E-state index is -0.118. The van der Waals surface area contributed by atoms with Crippen LogP contribution >= 0.6 is 12.2 Å². The van der Waals surface area contributed by atoms with Gasteiger partial charge in [0.05, 0.1) is 6.61 Å². The number of carbonyl (C=O) groups is 1. The van der Waals surface area contributed by atoms with E-state index >= 15 is 0 Å². The number of ether oxygens (including phenoxy) is 1. The number of nitrogens with one attached hydrogen (secondary N) is 2. The summed E-state index contributed by atoms with van der Waals surface area (Å²) >= 11 is 5.22. The van der Waals surface area contributed by atoms with Crippen LogP contribution in [-0.2, 0) is 10.2 Å². The maximum atomic E-state index is 12.1. The van der Waals surface area contributed by atoms with Crippen molar-refractivity contribution in [3.8, 4) is 5.75 Å². The molecule has 29 heavy (non-hydrogen) atoms. The van der Waals surface area contributed by atoms with E-state index in [0.717, 1.165) is 11.4 Å². The second kappa shape index (κ2) is 10.4. The molecule has 2 aromatic carbocycles. The van der Waals surface area contributed by atoms with Crippen LogP contribution in [0.3, 0.4) is 0 Å². The van der Waals surface area contributed by atoms with Crippen LogP contribution in [0.4, 0.5) is 5.69 Å². The van der Waals surface area contributed by atoms with Gasteiger partial charge in [0, 0.05) is 12.1 Å². The monoisotopic (exact) mass is 412 g/mol. The van der Waals surface area contributed by atoms with Crippen molar-refractivity contribution in [2.45, 2.75) is 58.8 Å². The molecule has 0 aliphatic heterocycles. The molecule has 0 unspecified atom stereocenters. The third kappa shape index (κ3) is 7.86. The summed E-state index contributed by atoms with van der Waals surface area (Å²) in [6.45, 7) is 11.3. The Balaban J connectivity index is 1.68. The van der Waals surface area contributed by atoms with E-state index in [2.05, 4.69) is 69.5 Å². The van der Waals surface area contributed by atoms with E-state index < -0.39 is 0 Å². The van der Waals surface area contributed by atoms with Crippen LogP contribution in [0.15, 0.2) is 48.5 Å². The van der Waals surface area contributed by atoms with Gasteiger partial charge >= 0.3 is 0 Å². The van der Waals surface area contributed by atoms with Gasteiger partial charge in [-0.15, -0.1) is 0 Å². The minimum Gasteiger partial charge on any atom is -0.494 e. The topological polar surface area (TPSA) is 50.4 Å². The number of hydrogen-bond acceptors (Lipinski definition) is 3. The summed E-state index contributed by atoms with van der Waals surface area (Å²) in [5.41, 5.74) is 3.52. The van der Waals surface area contributed by atoms with Gasteiger partial charge in [-0.3, -0.25) is 4.79 Å². The molecule has 0 spiro atoms. The van der Waals surface area contributed by atoms with Gasteiger partial charge in [-0.05, 0) is 65.4 Å². The van der Waals surface area contributed by atoms with Crippen molar-refractivity contribution in [1.29, 1.82) is 0 Å². The van der Waals surface area contributed by atoms with Gasteiger partial charge in [0.25, 0.3) is 0 Å². The number of rotatable bonds is 7. The normalized spacial score (nSPS) is 11.2. The average Bonchev–Trinajstić information content (AvgIpc) is 2.65. The fraction of sp³-hybridized carbons (Fsp3) is 0.417. The zero-order valence-electron chi connectivity index (χ0n) is 18.0. The summed E-state index contributed by atoms with van der Waals surface area (Å²) in [6.07, 6.45) is 0.979. The van der Waals surface area contributed by atoms with Crippen molar-refractivity contribution < 1.29 is 9.53 Å². The van der Waals surface area contributed by atoms with Crippen molar-refractivity contribution in [3.63, 3.8) is 0 Å². The van der Waals surface area contributed by atoms with Crippen LogP contribution in [0.5, 0.6) is 5.75 Å². The van der Waals surface area contributed by atoms with E-state index in [-0.39, 0.29) is 11.3 Å². The maximum absolute atomic E-state index is 12.1. The molecular formula is C24H32N2O2S. The van der Waals surface area contributed by atoms with E-state index in [1.165, 1.54) is 11.1 Å². The highest BCUT2D eigenvalue weighted by Gasteiger charge is 2.13. The van der Waals surface area contributed by atoms with Gasteiger partial charge in [-0.25, -0.2) is 0 Å². The van der Waals surface area contributed by atoms with Gasteiger partial charge in [0.2, 0.25) is 5.91 Å². The average molecular weight is 413 g/mol. The molecule has 0 radical (unpaired) electrons. The molecule has 5 heteroatoms. The third-order valence-corrected chi connectivity index (χ3v) is 4.83. The lowest BCUT2D eigenvalue weighted by atomic mass is 9.87. The number of thiocarbonyl (C=S) groups is 1. The largest absolute Gasteiger partial charge is 0.494 e. The quantitative estimate of drug-likeness (QED) is 0.447. The second-order valence-corrected chi connectivity index (χ2v) is 8.91. The van der Waals surface area contributed by atoms with Gasteiger partial charge in [0.1, 0.15) is 5.75 Å². The Hall–Kier alpha value is -2.40. The predicted octanol–water partition coefficient (Wildman–Crippen LogP) is 5.78. The highest BCUT2D eigenvalue weighted by Crippen LogP contribution is 2.24. The Kier molecular flexibility index (Phi) is 8.21. The molecule has 0 bridgehead atoms. The number of benzene rings is 2. The summed E-state index contributed by atoms with van der Waals surface area (Å²) in [6, 6.07) is 16.2. The van der Waals surface area contributed by atoms with Crippen molar-refractivity contribution in [2.24, 2.45) is 0 Å². The van der Waals surface area contributed by atoms with Gasteiger partial charge in [-0.2, -0.15) is 0 Å². The molecule has 0 aliphatic rings. The first kappa shape index (κ1) is 22.9. The zero-order chi connectivity index (χ0) is 21.4. The third-order valence-electron chi connectivity index (χ3n) is 4.63. The smallest absolute Gasteiger partial charge is 0.226 e. The summed E-state index contributed by atoms with van der Waals surface area (Å²) in [7, 11) is 0. The summed E-state index contributed by atoms with van der Waals surface area (Å²) in [5, 5.41) is 6.07. The molecule has 2 rings (SSSR count). The Morgan fingerprint density at radius 1 is 1.03 bits per heavy atom. The molecule has 0 fully saturated rings. The summed E-state index contributed by atoms with van der Waals surface area (Å²) in [5.74, 6) is 1.18.